The summed E-state index contributed by atoms with van der Waals surface area (Å²) in [6.45, 7) is 10.8. The Morgan fingerprint density at radius 1 is 1.15 bits per heavy atom. The molecule has 1 aliphatic rings. The number of ether oxygens (including phenoxy) is 1. The number of alkyl halides is 3. The predicted molar refractivity (Wildman–Crippen MR) is 162 cm³/mol. The standard InChI is InChI=1S/C28H37Cl2F3IN3O3/c1-15-7-8-22(17(3)16(15)2)36-25(28(32,33)34)19(13-35)26(39)37(9-10-40-27(4,5)6)14-23(38)24-20(29)11-18(31)12-21(24)30/h11-13,15-17,22H,7-10,14,35H2,1-6H3/t15-,16+,17+,22+/m0/s1. The van der Waals surface area contributed by atoms with Gasteiger partial charge in [-0.2, -0.15) is 8.78 Å². The summed E-state index contributed by atoms with van der Waals surface area (Å²) < 4.78 is 45.9. The molecule has 4 atom stereocenters. The van der Waals surface area contributed by atoms with E-state index in [-0.39, 0.29) is 40.6 Å². The highest BCUT2D eigenvalue weighted by molar-refractivity contribution is 14.1. The molecule has 224 valence electrons. The molecule has 2 rings (SSSR count). The number of hydrogen-bond donors (Lipinski definition) is 1. The first kappa shape index (κ1) is 34.8. The minimum absolute atomic E-state index is 0.00653. The van der Waals surface area contributed by atoms with Gasteiger partial charge in [0.25, 0.3) is 5.91 Å². The highest BCUT2D eigenvalue weighted by atomic mass is 127. The van der Waals surface area contributed by atoms with E-state index in [2.05, 4.69) is 18.8 Å². The number of hydrogen-bond acceptors (Lipinski definition) is 5. The normalized spacial score (nSPS) is 22.8. The Hall–Kier alpha value is -1.37. The quantitative estimate of drug-likeness (QED) is 0.0903. The zero-order chi connectivity index (χ0) is 30.6. The zero-order valence-electron chi connectivity index (χ0n) is 23.5. The van der Waals surface area contributed by atoms with Crippen molar-refractivity contribution >= 4 is 63.2 Å². The van der Waals surface area contributed by atoms with Crippen LogP contribution in [-0.4, -0.2) is 57.6 Å². The maximum Gasteiger partial charge on any atom is 0.338 e. The van der Waals surface area contributed by atoms with E-state index in [0.717, 1.165) is 52.2 Å². The van der Waals surface area contributed by atoms with Gasteiger partial charge in [-0.3, -0.25) is 14.6 Å². The van der Waals surface area contributed by atoms with E-state index in [9.17, 15) is 14.0 Å². The molecular weight excluding hydrogens is 681 g/mol. The lowest BCUT2D eigenvalue weighted by Gasteiger charge is -2.37. The Balaban J connectivity index is 2.48. The lowest BCUT2D eigenvalue weighted by Crippen LogP contribution is -2.44. The summed E-state index contributed by atoms with van der Waals surface area (Å²) in [6, 6.07) is 1.42. The number of benzene rings is 1. The van der Waals surface area contributed by atoms with Gasteiger partial charge in [0.05, 0.1) is 46.0 Å². The number of ketones is 1. The van der Waals surface area contributed by atoms with E-state index in [1.54, 1.807) is 0 Å². The fourth-order valence-corrected chi connectivity index (χ4v) is 5.77. The lowest BCUT2D eigenvalue weighted by molar-refractivity contribution is -0.127. The monoisotopic (exact) mass is 717 g/mol. The molecule has 0 spiro atoms. The Morgan fingerprint density at radius 2 is 1.73 bits per heavy atom. The molecule has 1 saturated carbocycles. The summed E-state index contributed by atoms with van der Waals surface area (Å²) in [5, 5.41) is -0.475. The number of halogens is 6. The topological polar surface area (TPSA) is 85.0 Å². The molecule has 1 fully saturated rings. The highest BCUT2D eigenvalue weighted by Crippen LogP contribution is 2.38. The van der Waals surface area contributed by atoms with Crippen molar-refractivity contribution in [3.8, 4) is 0 Å². The molecule has 1 aromatic carbocycles. The molecular formula is C28H37Cl2F3IN3O3. The molecule has 1 aliphatic carbocycles. The second kappa shape index (κ2) is 14.2. The van der Waals surface area contributed by atoms with Crippen LogP contribution in [0, 0.1) is 23.6 Å². The van der Waals surface area contributed by atoms with Crippen LogP contribution in [0.2, 0.25) is 10.0 Å². The van der Waals surface area contributed by atoms with E-state index in [0.29, 0.717) is 12.3 Å². The summed E-state index contributed by atoms with van der Waals surface area (Å²) in [4.78, 5) is 32.4. The summed E-state index contributed by atoms with van der Waals surface area (Å²) in [5.74, 6) is -1.70. The predicted octanol–water partition coefficient (Wildman–Crippen LogP) is 7.34. The van der Waals surface area contributed by atoms with E-state index < -0.39 is 50.9 Å². The first-order valence-corrected chi connectivity index (χ1v) is 14.9. The molecule has 1 amide bonds. The first-order valence-electron chi connectivity index (χ1n) is 13.1. The molecule has 2 N–H and O–H groups in total. The number of amides is 1. The second-order valence-electron chi connectivity index (χ2n) is 11.3. The van der Waals surface area contributed by atoms with Crippen LogP contribution in [0.4, 0.5) is 13.2 Å². The Kier molecular flexibility index (Phi) is 12.4. The van der Waals surface area contributed by atoms with Crippen molar-refractivity contribution in [2.45, 2.75) is 70.0 Å². The van der Waals surface area contributed by atoms with Gasteiger partial charge in [0.2, 0.25) is 0 Å². The van der Waals surface area contributed by atoms with Gasteiger partial charge in [0.1, 0.15) is 11.5 Å². The smallest absolute Gasteiger partial charge is 0.338 e. The molecule has 0 radical (unpaired) electrons. The third-order valence-corrected chi connectivity index (χ3v) is 8.38. The SMILES string of the molecule is C[C@@H]1[C@H](C)[C@@H](C)CC[C@H]1N=C(C(=CN)C(=O)N(CCOC(C)(C)C)CC(=O)c1c(Cl)cc(F)cc1Cl)C(F)(F)I. The van der Waals surface area contributed by atoms with E-state index in [1.165, 1.54) is 0 Å². The second-order valence-corrected chi connectivity index (χ2v) is 13.4. The zero-order valence-corrected chi connectivity index (χ0v) is 27.2. The van der Waals surface area contributed by atoms with E-state index in [1.807, 2.05) is 27.7 Å². The van der Waals surface area contributed by atoms with Gasteiger partial charge in [0.15, 0.2) is 5.78 Å². The molecule has 0 aliphatic heterocycles. The Labute approximate surface area is 258 Å². The van der Waals surface area contributed by atoms with Crippen LogP contribution >= 0.6 is 45.8 Å². The number of carbonyl (C=O) groups excluding carboxylic acids is 2. The molecule has 6 nitrogen and oxygen atoms in total. The van der Waals surface area contributed by atoms with Gasteiger partial charge < -0.3 is 15.4 Å². The van der Waals surface area contributed by atoms with Crippen molar-refractivity contribution in [1.82, 2.24) is 4.90 Å². The van der Waals surface area contributed by atoms with Gasteiger partial charge in [-0.05, 0) is 63.5 Å². The maximum atomic E-state index is 15.0. The number of nitrogens with zero attached hydrogens (tertiary/aromatic N) is 2. The molecule has 0 heterocycles. The van der Waals surface area contributed by atoms with E-state index in [4.69, 9.17) is 33.7 Å². The summed E-state index contributed by atoms with van der Waals surface area (Å²) in [5.41, 5.74) is 3.76. The maximum absolute atomic E-state index is 15.0. The van der Waals surface area contributed by atoms with Gasteiger partial charge >= 0.3 is 3.93 Å². The van der Waals surface area contributed by atoms with Gasteiger partial charge in [-0.1, -0.05) is 44.0 Å². The minimum atomic E-state index is -3.52. The molecule has 40 heavy (non-hydrogen) atoms. The molecule has 0 bridgehead atoms. The van der Waals surface area contributed by atoms with Crippen molar-refractivity contribution in [2.75, 3.05) is 19.7 Å². The number of carbonyl (C=O) groups is 2. The summed E-state index contributed by atoms with van der Waals surface area (Å²) in [6.07, 6.45) is 2.21. The van der Waals surface area contributed by atoms with Crippen LogP contribution in [0.1, 0.15) is 64.7 Å². The number of nitrogens with two attached hydrogens (primary N) is 1. The molecule has 1 aromatic rings. The minimum Gasteiger partial charge on any atom is -0.404 e. The van der Waals surface area contributed by atoms with Crippen molar-refractivity contribution in [3.05, 3.63) is 45.3 Å². The molecule has 0 unspecified atom stereocenters. The Bertz CT molecular complexity index is 1130. The third-order valence-electron chi connectivity index (χ3n) is 7.27. The number of rotatable bonds is 10. The number of Topliss-reactive ketones (excluding diaryl/α,β-unsaturated/α-hetero) is 1. The van der Waals surface area contributed by atoms with Gasteiger partial charge in [-0.15, -0.1) is 0 Å². The number of aliphatic imine (C=N–C) groups is 1. The fourth-order valence-electron chi connectivity index (χ4n) is 4.67. The van der Waals surface area contributed by atoms with Crippen molar-refractivity contribution < 1.29 is 27.5 Å². The highest BCUT2D eigenvalue weighted by Gasteiger charge is 2.41. The first-order chi connectivity index (χ1) is 18.4. The van der Waals surface area contributed by atoms with Crippen LogP contribution in [0.25, 0.3) is 0 Å². The largest absolute Gasteiger partial charge is 0.404 e. The molecule has 12 heteroatoms. The van der Waals surface area contributed by atoms with Crippen LogP contribution in [0.15, 0.2) is 28.9 Å². The average molecular weight is 718 g/mol. The average Bonchev–Trinajstić information content (AvgIpc) is 2.81. The Morgan fingerprint density at radius 3 is 2.23 bits per heavy atom. The summed E-state index contributed by atoms with van der Waals surface area (Å²) in [7, 11) is 0. The van der Waals surface area contributed by atoms with Crippen LogP contribution in [0.5, 0.6) is 0 Å². The van der Waals surface area contributed by atoms with Crippen LogP contribution < -0.4 is 5.73 Å². The summed E-state index contributed by atoms with van der Waals surface area (Å²) >= 11 is 13.1. The van der Waals surface area contributed by atoms with Gasteiger partial charge in [-0.25, -0.2) is 4.39 Å². The molecule has 0 saturated heterocycles. The van der Waals surface area contributed by atoms with Crippen LogP contribution in [-0.2, 0) is 9.53 Å². The van der Waals surface area contributed by atoms with Gasteiger partial charge in [0, 0.05) is 35.3 Å². The third kappa shape index (κ3) is 9.32. The van der Waals surface area contributed by atoms with Crippen molar-refractivity contribution in [2.24, 2.45) is 28.5 Å². The van der Waals surface area contributed by atoms with E-state index >= 15 is 8.78 Å². The fraction of sp³-hybridized carbons (Fsp3) is 0.607. The van der Waals surface area contributed by atoms with Crippen LogP contribution in [0.3, 0.4) is 0 Å². The van der Waals surface area contributed by atoms with Crippen molar-refractivity contribution in [1.29, 1.82) is 0 Å². The molecule has 0 aromatic heterocycles. The van der Waals surface area contributed by atoms with Crippen molar-refractivity contribution in [3.63, 3.8) is 0 Å². The lowest BCUT2D eigenvalue weighted by atomic mass is 9.72.